The summed E-state index contributed by atoms with van der Waals surface area (Å²) in [6, 6.07) is 22.3. The predicted octanol–water partition coefficient (Wildman–Crippen LogP) is 9.39. The number of carboxylic acids is 1. The number of carbonyl (C=O) groups is 3. The van der Waals surface area contributed by atoms with E-state index in [1.807, 2.05) is 62.5 Å². The molecule has 0 aliphatic carbocycles. The number of aromatic nitrogens is 7. The van der Waals surface area contributed by atoms with Crippen LogP contribution in [-0.2, 0) is 27.2 Å². The largest absolute Gasteiger partial charge is 0.492 e. The molecule has 14 heteroatoms. The number of ether oxygens (including phenoxy) is 1. The van der Waals surface area contributed by atoms with Gasteiger partial charge in [-0.25, -0.2) is 19.9 Å². The third-order valence-electron chi connectivity index (χ3n) is 12.8. The lowest BCUT2D eigenvalue weighted by Crippen LogP contribution is -2.35. The van der Waals surface area contributed by atoms with Gasteiger partial charge in [0, 0.05) is 53.4 Å². The fraction of sp³-hybridized carbons (Fsp3) is 0.340. The number of benzene rings is 1. The number of imidazole rings is 1. The second-order valence-corrected chi connectivity index (χ2v) is 17.7. The molecule has 2 aliphatic rings. The van der Waals surface area contributed by atoms with Crippen molar-refractivity contribution < 1.29 is 24.2 Å². The first-order valence-corrected chi connectivity index (χ1v) is 23.2. The van der Waals surface area contributed by atoms with Crippen LogP contribution in [0.2, 0.25) is 0 Å². The molecule has 67 heavy (non-hydrogen) atoms. The molecule has 0 radical (unpaired) electrons. The van der Waals surface area contributed by atoms with Crippen LogP contribution in [0.25, 0.3) is 55.5 Å². The second kappa shape index (κ2) is 21.0. The number of hydrogen-bond donors (Lipinski definition) is 6. The molecule has 0 saturated carbocycles. The zero-order chi connectivity index (χ0) is 47.0. The first-order chi connectivity index (χ1) is 32.4. The Balaban J connectivity index is 0.946. The van der Waals surface area contributed by atoms with Gasteiger partial charge in [-0.3, -0.25) is 14.4 Å². The van der Waals surface area contributed by atoms with Gasteiger partial charge in [-0.15, -0.1) is 0 Å². The van der Waals surface area contributed by atoms with Crippen molar-refractivity contribution in [2.75, 3.05) is 19.7 Å². The van der Waals surface area contributed by atoms with E-state index in [4.69, 9.17) is 20.4 Å². The smallest absolute Gasteiger partial charge is 0.303 e. The van der Waals surface area contributed by atoms with Crippen molar-refractivity contribution in [3.05, 3.63) is 124 Å². The number of carbonyl (C=O) groups excluding carboxylic acids is 2. The molecule has 2 aliphatic heterocycles. The van der Waals surface area contributed by atoms with Crippen LogP contribution in [-0.4, -0.2) is 77.4 Å². The third kappa shape index (κ3) is 11.4. The monoisotopic (exact) mass is 901 g/mol. The summed E-state index contributed by atoms with van der Waals surface area (Å²) in [6.45, 7) is 9.22. The number of fused-ring (bicyclic) bond motifs is 9. The van der Waals surface area contributed by atoms with Crippen LogP contribution in [0.15, 0.2) is 79.3 Å². The number of pyridine rings is 1. The van der Waals surface area contributed by atoms with Gasteiger partial charge in [-0.2, -0.15) is 0 Å². The highest BCUT2D eigenvalue weighted by molar-refractivity contribution is 5.97. The Morgan fingerprint density at radius 3 is 2.07 bits per heavy atom. The van der Waals surface area contributed by atoms with Gasteiger partial charge in [0.05, 0.1) is 41.2 Å². The molecule has 5 aromatic heterocycles. The fourth-order valence-electron chi connectivity index (χ4n) is 8.91. The number of amides is 1. The lowest BCUT2D eigenvalue weighted by atomic mass is 9.91. The van der Waals surface area contributed by atoms with Crippen LogP contribution in [0.1, 0.15) is 110 Å². The molecule has 1 amide bonds. The summed E-state index contributed by atoms with van der Waals surface area (Å²) >= 11 is 0. The van der Waals surface area contributed by atoms with Crippen molar-refractivity contribution in [2.24, 2.45) is 11.7 Å². The number of aromatic amines is 3. The van der Waals surface area contributed by atoms with E-state index < -0.39 is 11.9 Å². The van der Waals surface area contributed by atoms with Crippen LogP contribution < -0.4 is 15.8 Å². The van der Waals surface area contributed by atoms with E-state index in [0.29, 0.717) is 55.1 Å². The highest BCUT2D eigenvalue weighted by Crippen LogP contribution is 2.38. The number of aliphatic carboxylic acids is 1. The first-order valence-electron chi connectivity index (χ1n) is 23.2. The van der Waals surface area contributed by atoms with Crippen LogP contribution in [0.3, 0.4) is 0 Å². The maximum atomic E-state index is 13.9. The van der Waals surface area contributed by atoms with Gasteiger partial charge >= 0.3 is 5.97 Å². The Hall–Kier alpha value is -7.19. The van der Waals surface area contributed by atoms with Gasteiger partial charge in [0.15, 0.2) is 5.65 Å². The minimum atomic E-state index is -0.884. The molecule has 14 nitrogen and oxygen atoms in total. The molecule has 7 N–H and O–H groups in total. The van der Waals surface area contributed by atoms with Crippen LogP contribution in [0.4, 0.5) is 0 Å². The van der Waals surface area contributed by atoms with E-state index >= 15 is 0 Å². The van der Waals surface area contributed by atoms with E-state index in [0.717, 1.165) is 104 Å². The number of Topliss-reactive ketones (excluding diaryl/α,β-unsaturated/α-hetero) is 1. The number of unbranched alkanes of at least 4 members (excludes halogenated alkanes) is 1. The number of allylic oxidation sites excluding steroid dienone is 4. The van der Waals surface area contributed by atoms with Gasteiger partial charge in [-0.05, 0) is 172 Å². The van der Waals surface area contributed by atoms with Crippen LogP contribution in [0.5, 0.6) is 5.75 Å². The van der Waals surface area contributed by atoms with E-state index in [9.17, 15) is 19.5 Å². The molecule has 346 valence electrons. The normalized spacial score (nSPS) is 13.1. The van der Waals surface area contributed by atoms with Crippen molar-refractivity contribution >= 4 is 73.2 Å². The van der Waals surface area contributed by atoms with E-state index in [1.54, 1.807) is 6.33 Å². The number of carboxylic acid groups (broad SMARTS) is 1. The summed E-state index contributed by atoms with van der Waals surface area (Å²) in [7, 11) is 0. The zero-order valence-electron chi connectivity index (χ0n) is 38.7. The Kier molecular flexibility index (Phi) is 14.5. The summed E-state index contributed by atoms with van der Waals surface area (Å²) in [5, 5.41) is 12.7. The number of aryl methyl sites for hydroxylation is 4. The standard InChI is InChI=1S/C53H59N9O5/c1-31-21-39-26-46-33(3)43(16-17-51(64)65)49(61-46)28-48-42(34(4)47(62-48)27-45-32(2)22-38(60-45)25-44(31)59-39)15-12-40(63)24-37(7-5-6-18-54)53(66)55-19-20-67-41-13-10-35(11-14-41)8-9-36-23-50-52(56-29-36)58-30-57-50/h10-11,13-14,21-23,25-30,37,59-60H,5-9,12,15-20,24,54H2,1-4H3,(H,55,66)(H,64,65)(H,56,57,58)/t37-/m1/s1. The molecular weight excluding hydrogens is 843 g/mol. The summed E-state index contributed by atoms with van der Waals surface area (Å²) in [5.41, 5.74) is 22.2. The average Bonchev–Trinajstić information content (AvgIpc) is 4.12. The van der Waals surface area contributed by atoms with Gasteiger partial charge in [0.1, 0.15) is 18.1 Å². The third-order valence-corrected chi connectivity index (χ3v) is 12.8. The van der Waals surface area contributed by atoms with Gasteiger partial charge in [-0.1, -0.05) is 18.6 Å². The van der Waals surface area contributed by atoms with Gasteiger partial charge < -0.3 is 35.8 Å². The van der Waals surface area contributed by atoms with Crippen LogP contribution in [0, 0.1) is 19.8 Å². The molecule has 0 spiro atoms. The van der Waals surface area contributed by atoms with E-state index in [2.05, 4.69) is 68.3 Å². The lowest BCUT2D eigenvalue weighted by Gasteiger charge is -2.17. The molecule has 8 rings (SSSR count). The van der Waals surface area contributed by atoms with Crippen molar-refractivity contribution in [1.82, 2.24) is 40.2 Å². The minimum Gasteiger partial charge on any atom is -0.492 e. The summed E-state index contributed by atoms with van der Waals surface area (Å²) in [4.78, 5) is 68.2. The number of ketones is 1. The molecule has 7 heterocycles. The van der Waals surface area contributed by atoms with Crippen molar-refractivity contribution in [3.63, 3.8) is 0 Å². The maximum Gasteiger partial charge on any atom is 0.303 e. The first kappa shape index (κ1) is 46.3. The van der Waals surface area contributed by atoms with E-state index in [-0.39, 0.29) is 37.6 Å². The molecule has 0 saturated heterocycles. The molecule has 1 atom stereocenters. The van der Waals surface area contributed by atoms with Crippen LogP contribution >= 0.6 is 0 Å². The summed E-state index contributed by atoms with van der Waals surface area (Å²) in [6.07, 6.45) is 8.28. The molecule has 0 unspecified atom stereocenters. The highest BCUT2D eigenvalue weighted by atomic mass is 16.5. The zero-order valence-corrected chi connectivity index (χ0v) is 38.7. The predicted molar refractivity (Wildman–Crippen MR) is 264 cm³/mol. The Bertz CT molecular complexity index is 3050. The summed E-state index contributed by atoms with van der Waals surface area (Å²) < 4.78 is 5.97. The van der Waals surface area contributed by atoms with Gasteiger partial charge in [0.2, 0.25) is 5.91 Å². The molecule has 6 aromatic rings. The molecule has 0 fully saturated rings. The Labute approximate surface area is 389 Å². The number of H-pyrrole nitrogens is 3. The SMILES string of the molecule is CC1=C(CCC(=O)O)c2cc3nc(cc4[nH]c(cc4C)cc4[nH]c(cc1n2)cc4C)C(C)=C3CCC(=O)C[C@@H](CCCCN)C(=O)NCCOc1ccc(CCc2cnc3nc[nH]c3c2)cc1. The van der Waals surface area contributed by atoms with Gasteiger partial charge in [0.25, 0.3) is 0 Å². The highest BCUT2D eigenvalue weighted by Gasteiger charge is 2.25. The topological polar surface area (TPSA) is 218 Å². The Morgan fingerprint density at radius 1 is 0.716 bits per heavy atom. The minimum absolute atomic E-state index is 0.0139. The molecular formula is C53H59N9O5. The van der Waals surface area contributed by atoms with E-state index in [1.165, 1.54) is 5.56 Å². The number of nitrogens with one attached hydrogen (secondary N) is 4. The number of nitrogens with zero attached hydrogens (tertiary/aromatic N) is 4. The average molecular weight is 902 g/mol. The quantitative estimate of drug-likeness (QED) is 0.0399. The lowest BCUT2D eigenvalue weighted by molar-refractivity contribution is -0.136. The molecule has 8 bridgehead atoms. The number of hydrogen-bond acceptors (Lipinski definition) is 9. The van der Waals surface area contributed by atoms with Crippen molar-refractivity contribution in [1.29, 1.82) is 0 Å². The van der Waals surface area contributed by atoms with Crippen molar-refractivity contribution in [2.45, 2.75) is 91.9 Å². The number of rotatable bonds is 20. The number of nitrogens with two attached hydrogens (primary N) is 1. The Morgan fingerprint density at radius 2 is 1.37 bits per heavy atom. The fourth-order valence-corrected chi connectivity index (χ4v) is 8.91. The maximum absolute atomic E-state index is 13.9. The molecule has 1 aromatic carbocycles. The van der Waals surface area contributed by atoms with Crippen molar-refractivity contribution in [3.8, 4) is 5.75 Å². The second-order valence-electron chi connectivity index (χ2n) is 17.7. The summed E-state index contributed by atoms with van der Waals surface area (Å²) in [5.74, 6) is -0.850.